The molecule has 0 unspecified atom stereocenters. The Morgan fingerprint density at radius 3 is 2.30 bits per heavy atom. The zero-order valence-electron chi connectivity index (χ0n) is 17.5. The van der Waals surface area contributed by atoms with Gasteiger partial charge in [-0.1, -0.05) is 23.2 Å². The maximum absolute atomic E-state index is 12.5. The maximum Gasteiger partial charge on any atom is 0.410 e. The summed E-state index contributed by atoms with van der Waals surface area (Å²) in [6, 6.07) is 3.15. The molecule has 2 saturated heterocycles. The number of piperazine rings is 1. The van der Waals surface area contributed by atoms with Crippen molar-refractivity contribution < 1.29 is 19.4 Å². The third-order valence-corrected chi connectivity index (χ3v) is 5.89. The van der Waals surface area contributed by atoms with Crippen LogP contribution in [0.2, 0.25) is 10.0 Å². The molecule has 3 rings (SSSR count). The molecule has 2 fully saturated rings. The van der Waals surface area contributed by atoms with Crippen molar-refractivity contribution in [2.75, 3.05) is 51.1 Å². The number of halogens is 2. The van der Waals surface area contributed by atoms with Crippen LogP contribution < -0.4 is 5.32 Å². The zero-order valence-corrected chi connectivity index (χ0v) is 19.0. The number of carbonyl (C=O) groups is 2. The van der Waals surface area contributed by atoms with Crippen molar-refractivity contribution >= 4 is 40.9 Å². The third kappa shape index (κ3) is 5.62. The van der Waals surface area contributed by atoms with Crippen LogP contribution in [0.15, 0.2) is 12.1 Å². The van der Waals surface area contributed by atoms with E-state index in [1.807, 2.05) is 20.8 Å². The SMILES string of the molecule is CC(C)(C)OC(=O)N1CC(N2CCN(C(=O)CNc3cc(Cl)c(Cl)cc3O)CC2)C1. The lowest BCUT2D eigenvalue weighted by molar-refractivity contribution is -0.131. The third-order valence-electron chi connectivity index (χ3n) is 5.17. The maximum atomic E-state index is 12.5. The van der Waals surface area contributed by atoms with Crippen LogP contribution in [-0.2, 0) is 9.53 Å². The number of rotatable bonds is 4. The van der Waals surface area contributed by atoms with E-state index in [0.29, 0.717) is 42.9 Å². The second kappa shape index (κ2) is 9.08. The number of hydrogen-bond donors (Lipinski definition) is 2. The topological polar surface area (TPSA) is 85.4 Å². The number of hydrogen-bond acceptors (Lipinski definition) is 6. The lowest BCUT2D eigenvalue weighted by Crippen LogP contribution is -2.65. The minimum Gasteiger partial charge on any atom is -0.506 e. The minimum atomic E-state index is -0.490. The number of nitrogens with zero attached hydrogens (tertiary/aromatic N) is 3. The number of nitrogens with one attached hydrogen (secondary N) is 1. The van der Waals surface area contributed by atoms with E-state index in [4.69, 9.17) is 27.9 Å². The van der Waals surface area contributed by atoms with Crippen LogP contribution in [0.4, 0.5) is 10.5 Å². The Hall–Kier alpha value is -1.90. The molecule has 0 saturated carbocycles. The van der Waals surface area contributed by atoms with Gasteiger partial charge in [-0.05, 0) is 26.8 Å². The Morgan fingerprint density at radius 1 is 1.10 bits per heavy atom. The molecule has 2 aliphatic heterocycles. The molecule has 2 aliphatic rings. The second-order valence-electron chi connectivity index (χ2n) is 8.59. The summed E-state index contributed by atoms with van der Waals surface area (Å²) in [6.45, 7) is 9.70. The number of phenols is 1. The second-order valence-corrected chi connectivity index (χ2v) is 9.41. The standard InChI is InChI=1S/C20H28Cl2N4O4/c1-20(2,3)30-19(29)26-11-13(12-26)24-4-6-25(7-5-24)18(28)10-23-16-8-14(21)15(22)9-17(16)27/h8-9,13,23,27H,4-7,10-12H2,1-3H3. The smallest absolute Gasteiger partial charge is 0.410 e. The first-order valence-corrected chi connectivity index (χ1v) is 10.7. The van der Waals surface area contributed by atoms with E-state index in [1.165, 1.54) is 12.1 Å². The summed E-state index contributed by atoms with van der Waals surface area (Å²) in [7, 11) is 0. The van der Waals surface area contributed by atoms with Gasteiger partial charge >= 0.3 is 6.09 Å². The fourth-order valence-corrected chi connectivity index (χ4v) is 3.78. The van der Waals surface area contributed by atoms with Crippen LogP contribution in [0, 0.1) is 0 Å². The molecule has 0 atom stereocenters. The summed E-state index contributed by atoms with van der Waals surface area (Å²) in [5.74, 6) is -0.106. The zero-order chi connectivity index (χ0) is 22.1. The predicted molar refractivity (Wildman–Crippen MR) is 116 cm³/mol. The number of amides is 2. The molecule has 2 N–H and O–H groups in total. The van der Waals surface area contributed by atoms with Crippen molar-refractivity contribution in [1.29, 1.82) is 0 Å². The van der Waals surface area contributed by atoms with E-state index in [1.54, 1.807) is 9.80 Å². The van der Waals surface area contributed by atoms with Gasteiger partial charge in [-0.15, -0.1) is 0 Å². The van der Waals surface area contributed by atoms with Crippen molar-refractivity contribution in [3.05, 3.63) is 22.2 Å². The van der Waals surface area contributed by atoms with Gasteiger partial charge in [0.05, 0.1) is 22.3 Å². The Morgan fingerprint density at radius 2 is 1.70 bits per heavy atom. The first kappa shape index (κ1) is 22.8. The monoisotopic (exact) mass is 458 g/mol. The average molecular weight is 459 g/mol. The number of likely N-dealkylation sites (tertiary alicyclic amines) is 1. The fraction of sp³-hybridized carbons (Fsp3) is 0.600. The average Bonchev–Trinajstić information content (AvgIpc) is 2.61. The van der Waals surface area contributed by atoms with E-state index in [9.17, 15) is 14.7 Å². The summed E-state index contributed by atoms with van der Waals surface area (Å²) in [5, 5.41) is 13.4. The van der Waals surface area contributed by atoms with Crippen molar-refractivity contribution in [3.63, 3.8) is 0 Å². The normalized spacial score (nSPS) is 18.2. The molecule has 8 nitrogen and oxygen atoms in total. The summed E-state index contributed by atoms with van der Waals surface area (Å²) in [5.41, 5.74) is -0.121. The van der Waals surface area contributed by atoms with Gasteiger partial charge in [-0.25, -0.2) is 4.79 Å². The summed E-state index contributed by atoms with van der Waals surface area (Å²) in [4.78, 5) is 30.4. The highest BCUT2D eigenvalue weighted by Crippen LogP contribution is 2.33. The molecule has 2 heterocycles. The van der Waals surface area contributed by atoms with Crippen LogP contribution in [0.5, 0.6) is 5.75 Å². The summed E-state index contributed by atoms with van der Waals surface area (Å²) < 4.78 is 5.39. The first-order valence-electron chi connectivity index (χ1n) is 9.95. The highest BCUT2D eigenvalue weighted by Gasteiger charge is 2.38. The molecule has 10 heteroatoms. The molecule has 0 bridgehead atoms. The molecule has 0 aromatic heterocycles. The number of aromatic hydroxyl groups is 1. The van der Waals surface area contributed by atoms with Gasteiger partial charge in [0, 0.05) is 51.4 Å². The van der Waals surface area contributed by atoms with E-state index in [2.05, 4.69) is 10.2 Å². The van der Waals surface area contributed by atoms with E-state index in [0.717, 1.165) is 13.1 Å². The molecule has 1 aromatic rings. The van der Waals surface area contributed by atoms with E-state index in [-0.39, 0.29) is 29.3 Å². The molecule has 0 aliphatic carbocycles. The van der Waals surface area contributed by atoms with Gasteiger partial charge in [0.1, 0.15) is 11.4 Å². The number of benzene rings is 1. The molecule has 2 amide bonds. The first-order chi connectivity index (χ1) is 14.0. The number of ether oxygens (including phenoxy) is 1. The van der Waals surface area contributed by atoms with Gasteiger partial charge in [-0.2, -0.15) is 0 Å². The molecule has 1 aromatic carbocycles. The van der Waals surface area contributed by atoms with Gasteiger partial charge in [0.15, 0.2) is 0 Å². The quantitative estimate of drug-likeness (QED) is 0.674. The Balaban J connectivity index is 1.40. The van der Waals surface area contributed by atoms with E-state index >= 15 is 0 Å². The Bertz CT molecular complexity index is 801. The molecule has 0 radical (unpaired) electrons. The van der Waals surface area contributed by atoms with Crippen molar-refractivity contribution in [2.24, 2.45) is 0 Å². The van der Waals surface area contributed by atoms with Crippen molar-refractivity contribution in [1.82, 2.24) is 14.7 Å². The predicted octanol–water partition coefficient (Wildman–Crippen LogP) is 2.87. The minimum absolute atomic E-state index is 0.0517. The van der Waals surface area contributed by atoms with Crippen molar-refractivity contribution in [2.45, 2.75) is 32.4 Å². The molecule has 30 heavy (non-hydrogen) atoms. The van der Waals surface area contributed by atoms with Crippen LogP contribution in [0.3, 0.4) is 0 Å². The fourth-order valence-electron chi connectivity index (χ4n) is 3.46. The van der Waals surface area contributed by atoms with Crippen LogP contribution in [-0.4, -0.2) is 89.3 Å². The lowest BCUT2D eigenvalue weighted by atomic mass is 10.1. The highest BCUT2D eigenvalue weighted by molar-refractivity contribution is 6.42. The Kier molecular flexibility index (Phi) is 6.89. The Labute approximate surface area is 186 Å². The molecular formula is C20H28Cl2N4O4. The van der Waals surface area contributed by atoms with Gasteiger partial charge in [0.2, 0.25) is 5.91 Å². The van der Waals surface area contributed by atoms with E-state index < -0.39 is 5.60 Å². The number of carbonyl (C=O) groups excluding carboxylic acids is 2. The summed E-state index contributed by atoms with van der Waals surface area (Å²) >= 11 is 11.8. The number of phenolic OH excluding ortho intramolecular Hbond substituents is 1. The summed E-state index contributed by atoms with van der Waals surface area (Å²) in [6.07, 6.45) is -0.274. The molecule has 0 spiro atoms. The van der Waals surface area contributed by atoms with Crippen LogP contribution in [0.25, 0.3) is 0 Å². The largest absolute Gasteiger partial charge is 0.506 e. The highest BCUT2D eigenvalue weighted by atomic mass is 35.5. The van der Waals surface area contributed by atoms with Gasteiger partial charge < -0.3 is 25.0 Å². The van der Waals surface area contributed by atoms with Gasteiger partial charge in [-0.3, -0.25) is 9.69 Å². The lowest BCUT2D eigenvalue weighted by Gasteiger charge is -2.48. The van der Waals surface area contributed by atoms with Gasteiger partial charge in [0.25, 0.3) is 0 Å². The van der Waals surface area contributed by atoms with Crippen LogP contribution >= 0.6 is 23.2 Å². The number of anilines is 1. The van der Waals surface area contributed by atoms with Crippen LogP contribution in [0.1, 0.15) is 20.8 Å². The molecular weight excluding hydrogens is 431 g/mol. The molecule has 166 valence electrons. The van der Waals surface area contributed by atoms with Crippen molar-refractivity contribution in [3.8, 4) is 5.75 Å².